The molecule has 0 radical (unpaired) electrons. The van der Waals surface area contributed by atoms with Crippen LogP contribution in [0, 0.1) is 6.92 Å². The normalized spacial score (nSPS) is 12.1. The number of hydrogen-bond acceptors (Lipinski definition) is 5. The first-order valence-corrected chi connectivity index (χ1v) is 11.8. The maximum absolute atomic E-state index is 13.1. The number of amides is 1. The Labute approximate surface area is 179 Å². The Balaban J connectivity index is 1.68. The number of H-pyrrole nitrogens is 1. The van der Waals surface area contributed by atoms with Gasteiger partial charge in [-0.2, -0.15) is 0 Å². The molecule has 2 aromatic carbocycles. The van der Waals surface area contributed by atoms with Gasteiger partial charge in [0.2, 0.25) is 0 Å². The van der Waals surface area contributed by atoms with E-state index in [-0.39, 0.29) is 11.5 Å². The Bertz CT molecular complexity index is 1340. The van der Waals surface area contributed by atoms with Crippen LogP contribution in [-0.4, -0.2) is 26.3 Å². The van der Waals surface area contributed by atoms with Crippen molar-refractivity contribution in [2.75, 3.05) is 11.6 Å². The number of anilines is 1. The number of rotatable bonds is 5. The molecule has 1 amide bonds. The molecule has 0 saturated carbocycles. The molecule has 4 aromatic rings. The Morgan fingerprint density at radius 2 is 1.97 bits per heavy atom. The van der Waals surface area contributed by atoms with Crippen molar-refractivity contribution in [1.29, 1.82) is 0 Å². The van der Waals surface area contributed by atoms with Gasteiger partial charge in [-0.15, -0.1) is 11.3 Å². The Kier molecular flexibility index (Phi) is 5.61. The van der Waals surface area contributed by atoms with E-state index in [1.807, 2.05) is 30.3 Å². The second kappa shape index (κ2) is 8.33. The van der Waals surface area contributed by atoms with Crippen LogP contribution in [-0.2, 0) is 16.6 Å². The number of aromatic nitrogens is 2. The largest absolute Gasteiger partial charge is 0.321 e. The molecule has 2 N–H and O–H groups in total. The molecule has 0 aliphatic rings. The van der Waals surface area contributed by atoms with Gasteiger partial charge < -0.3 is 10.3 Å². The van der Waals surface area contributed by atoms with Crippen molar-refractivity contribution in [3.8, 4) is 11.4 Å². The Morgan fingerprint density at radius 1 is 1.17 bits per heavy atom. The van der Waals surface area contributed by atoms with E-state index in [1.165, 1.54) is 17.4 Å². The zero-order valence-electron chi connectivity index (χ0n) is 16.4. The minimum Gasteiger partial charge on any atom is -0.321 e. The van der Waals surface area contributed by atoms with Gasteiger partial charge in [0.25, 0.3) is 11.5 Å². The van der Waals surface area contributed by atoms with Crippen LogP contribution in [0.1, 0.15) is 20.9 Å². The van der Waals surface area contributed by atoms with Crippen LogP contribution in [0.15, 0.2) is 59.4 Å². The van der Waals surface area contributed by atoms with E-state index in [0.717, 1.165) is 15.6 Å². The number of nitrogens with one attached hydrogen (secondary N) is 2. The number of carbonyl (C=O) groups excluding carboxylic acids is 1. The molecule has 8 heteroatoms. The molecular weight excluding hydrogens is 418 g/mol. The summed E-state index contributed by atoms with van der Waals surface area (Å²) in [7, 11) is -1.07. The van der Waals surface area contributed by atoms with Gasteiger partial charge in [-0.1, -0.05) is 30.3 Å². The highest BCUT2D eigenvalue weighted by molar-refractivity contribution is 7.83. The monoisotopic (exact) mass is 437 g/mol. The molecule has 152 valence electrons. The first-order valence-electron chi connectivity index (χ1n) is 9.21. The molecule has 0 spiro atoms. The lowest BCUT2D eigenvalue weighted by atomic mass is 10.1. The van der Waals surface area contributed by atoms with Gasteiger partial charge in [0.05, 0.1) is 10.6 Å². The molecule has 2 aromatic heterocycles. The van der Waals surface area contributed by atoms with Gasteiger partial charge in [0.15, 0.2) is 0 Å². The van der Waals surface area contributed by atoms with Gasteiger partial charge in [0.1, 0.15) is 5.82 Å². The van der Waals surface area contributed by atoms with E-state index in [0.29, 0.717) is 33.4 Å². The second-order valence-corrected chi connectivity index (χ2v) is 9.38. The van der Waals surface area contributed by atoms with E-state index in [2.05, 4.69) is 15.3 Å². The predicted octanol–water partition coefficient (Wildman–Crippen LogP) is 4.09. The van der Waals surface area contributed by atoms with Crippen molar-refractivity contribution in [3.05, 3.63) is 81.1 Å². The number of hydrogen-bond donors (Lipinski definition) is 2. The highest BCUT2D eigenvalue weighted by Gasteiger charge is 2.19. The van der Waals surface area contributed by atoms with Crippen molar-refractivity contribution in [1.82, 2.24) is 9.97 Å². The zero-order valence-corrected chi connectivity index (χ0v) is 18.0. The molecule has 6 nitrogen and oxygen atoms in total. The average Bonchev–Trinajstić information content (AvgIpc) is 3.06. The van der Waals surface area contributed by atoms with Crippen LogP contribution in [0.3, 0.4) is 0 Å². The average molecular weight is 438 g/mol. The summed E-state index contributed by atoms with van der Waals surface area (Å²) in [6.45, 7) is 1.75. The van der Waals surface area contributed by atoms with Gasteiger partial charge in [0, 0.05) is 44.8 Å². The summed E-state index contributed by atoms with van der Waals surface area (Å²) in [6.07, 6.45) is 1.63. The van der Waals surface area contributed by atoms with Crippen molar-refractivity contribution < 1.29 is 9.00 Å². The summed E-state index contributed by atoms with van der Waals surface area (Å²) >= 11 is 1.39. The molecule has 0 aliphatic heterocycles. The maximum atomic E-state index is 13.1. The summed E-state index contributed by atoms with van der Waals surface area (Å²) in [6, 6.07) is 16.3. The van der Waals surface area contributed by atoms with E-state index in [9.17, 15) is 13.8 Å². The number of aromatic amines is 1. The molecular formula is C22H19N3O3S2. The number of aryl methyl sites for hydroxylation is 1. The number of benzene rings is 2. The Hall–Kier alpha value is -3.10. The summed E-state index contributed by atoms with van der Waals surface area (Å²) in [4.78, 5) is 32.4. The molecule has 1 unspecified atom stereocenters. The molecule has 1 atom stereocenters. The lowest BCUT2D eigenvalue weighted by molar-refractivity contribution is 0.103. The van der Waals surface area contributed by atoms with E-state index >= 15 is 0 Å². The van der Waals surface area contributed by atoms with E-state index < -0.39 is 10.8 Å². The van der Waals surface area contributed by atoms with Crippen molar-refractivity contribution in [2.24, 2.45) is 0 Å². The first kappa shape index (κ1) is 20.2. The lowest BCUT2D eigenvalue weighted by Crippen LogP contribution is -2.13. The number of fused-ring (bicyclic) bond motifs is 1. The maximum Gasteiger partial charge on any atom is 0.266 e. The molecule has 0 fully saturated rings. The SMILES string of the molecule is Cc1cc(=O)[nH]c(-c2cccc(NC(=O)c3sc4ccccc4c3CS(C)=O)c2)n1. The lowest BCUT2D eigenvalue weighted by Gasteiger charge is -2.08. The quantitative estimate of drug-likeness (QED) is 0.492. The van der Waals surface area contributed by atoms with Crippen LogP contribution >= 0.6 is 11.3 Å². The fourth-order valence-corrected chi connectivity index (χ4v) is 5.19. The van der Waals surface area contributed by atoms with Crippen LogP contribution < -0.4 is 10.9 Å². The summed E-state index contributed by atoms with van der Waals surface area (Å²) in [5.41, 5.74) is 2.47. The molecule has 0 aliphatic carbocycles. The fourth-order valence-electron chi connectivity index (χ4n) is 3.28. The van der Waals surface area contributed by atoms with Gasteiger partial charge in [-0.05, 0) is 36.1 Å². The summed E-state index contributed by atoms with van der Waals surface area (Å²) in [5.74, 6) is 0.515. The van der Waals surface area contributed by atoms with E-state index in [1.54, 1.807) is 31.4 Å². The van der Waals surface area contributed by atoms with Gasteiger partial charge >= 0.3 is 0 Å². The predicted molar refractivity (Wildman–Crippen MR) is 123 cm³/mol. The van der Waals surface area contributed by atoms with Gasteiger partial charge in [-0.3, -0.25) is 13.8 Å². The molecule has 0 bridgehead atoms. The number of nitrogens with zero attached hydrogens (tertiary/aromatic N) is 1. The van der Waals surface area contributed by atoms with Crippen LogP contribution in [0.25, 0.3) is 21.5 Å². The second-order valence-electron chi connectivity index (χ2n) is 6.89. The first-order chi connectivity index (χ1) is 14.4. The van der Waals surface area contributed by atoms with Crippen LogP contribution in [0.4, 0.5) is 5.69 Å². The topological polar surface area (TPSA) is 91.9 Å². The zero-order chi connectivity index (χ0) is 21.3. The third-order valence-corrected chi connectivity index (χ3v) is 6.42. The minimum absolute atomic E-state index is 0.227. The summed E-state index contributed by atoms with van der Waals surface area (Å²) < 4.78 is 12.9. The Morgan fingerprint density at radius 3 is 2.73 bits per heavy atom. The fraction of sp³-hybridized carbons (Fsp3) is 0.136. The molecule has 0 saturated heterocycles. The van der Waals surface area contributed by atoms with Crippen molar-refractivity contribution in [3.63, 3.8) is 0 Å². The number of thiophene rings is 1. The third-order valence-electron chi connectivity index (χ3n) is 4.52. The van der Waals surface area contributed by atoms with Crippen LogP contribution in [0.2, 0.25) is 0 Å². The van der Waals surface area contributed by atoms with E-state index in [4.69, 9.17) is 0 Å². The standard InChI is InChI=1S/C22H19N3O3S2/c1-13-10-19(26)25-21(23-13)14-6-5-7-15(11-14)24-22(27)20-17(12-30(2)28)16-8-3-4-9-18(16)29-20/h3-11H,12H2,1-2H3,(H,24,27)(H,23,25,26). The third kappa shape index (κ3) is 4.24. The molecule has 4 rings (SSSR count). The van der Waals surface area contributed by atoms with Crippen LogP contribution in [0.5, 0.6) is 0 Å². The molecule has 30 heavy (non-hydrogen) atoms. The van der Waals surface area contributed by atoms with Crippen molar-refractivity contribution >= 4 is 43.8 Å². The minimum atomic E-state index is -1.07. The highest BCUT2D eigenvalue weighted by Crippen LogP contribution is 2.33. The van der Waals surface area contributed by atoms with Gasteiger partial charge in [-0.25, -0.2) is 4.98 Å². The number of carbonyl (C=O) groups is 1. The molecule has 2 heterocycles. The highest BCUT2D eigenvalue weighted by atomic mass is 32.2. The summed E-state index contributed by atoms with van der Waals surface area (Å²) in [5, 5.41) is 3.88. The van der Waals surface area contributed by atoms with Crippen molar-refractivity contribution in [2.45, 2.75) is 12.7 Å². The smallest absolute Gasteiger partial charge is 0.266 e.